The molecular formula is C18H18INO. The summed E-state index contributed by atoms with van der Waals surface area (Å²) in [5.74, 6) is 0.432. The van der Waals surface area contributed by atoms with Crippen molar-refractivity contribution in [3.05, 3.63) is 71.8 Å². The molecule has 1 atom stereocenters. The summed E-state index contributed by atoms with van der Waals surface area (Å²) in [6, 6.07) is 20.4. The van der Waals surface area contributed by atoms with Gasteiger partial charge in [-0.2, -0.15) is 0 Å². The zero-order valence-electron chi connectivity index (χ0n) is 11.8. The fourth-order valence-corrected chi connectivity index (χ4v) is 4.20. The first-order valence-corrected chi connectivity index (χ1v) is 8.78. The van der Waals surface area contributed by atoms with Gasteiger partial charge < -0.3 is 5.32 Å². The summed E-state index contributed by atoms with van der Waals surface area (Å²) in [4.78, 5) is 12.9. The van der Waals surface area contributed by atoms with Crippen LogP contribution in [-0.2, 0) is 10.2 Å². The molecule has 1 heterocycles. The lowest BCUT2D eigenvalue weighted by molar-refractivity contribution is -0.123. The minimum Gasteiger partial charge on any atom is -0.355 e. The number of carbonyl (C=O) groups excluding carboxylic acids is 1. The third kappa shape index (κ3) is 2.37. The van der Waals surface area contributed by atoms with Crippen LogP contribution in [0.25, 0.3) is 0 Å². The van der Waals surface area contributed by atoms with Crippen molar-refractivity contribution in [3.8, 4) is 0 Å². The fraction of sp³-hybridized carbons (Fsp3) is 0.278. The first-order valence-electron chi connectivity index (χ1n) is 7.25. The van der Waals surface area contributed by atoms with E-state index in [1.54, 1.807) is 0 Å². The second-order valence-electron chi connectivity index (χ2n) is 5.42. The SMILES string of the molecule is O=C1NCC(CCI)C1(c1ccccc1)c1ccccc1. The van der Waals surface area contributed by atoms with E-state index in [0.717, 1.165) is 28.5 Å². The van der Waals surface area contributed by atoms with E-state index in [2.05, 4.69) is 52.2 Å². The van der Waals surface area contributed by atoms with E-state index < -0.39 is 5.41 Å². The predicted molar refractivity (Wildman–Crippen MR) is 93.7 cm³/mol. The molecule has 1 amide bonds. The van der Waals surface area contributed by atoms with Crippen molar-refractivity contribution in [1.29, 1.82) is 0 Å². The summed E-state index contributed by atoms with van der Waals surface area (Å²) >= 11 is 2.40. The summed E-state index contributed by atoms with van der Waals surface area (Å²) in [6.07, 6.45) is 1.03. The molecule has 1 aliphatic rings. The number of benzene rings is 2. The van der Waals surface area contributed by atoms with Crippen LogP contribution >= 0.6 is 22.6 Å². The highest BCUT2D eigenvalue weighted by molar-refractivity contribution is 14.1. The van der Waals surface area contributed by atoms with Crippen LogP contribution in [0.15, 0.2) is 60.7 Å². The maximum Gasteiger partial charge on any atom is 0.235 e. The van der Waals surface area contributed by atoms with Crippen molar-refractivity contribution in [2.45, 2.75) is 11.8 Å². The molecule has 0 radical (unpaired) electrons. The lowest BCUT2D eigenvalue weighted by Crippen LogP contribution is -2.41. The van der Waals surface area contributed by atoms with Gasteiger partial charge in [0.25, 0.3) is 0 Å². The lowest BCUT2D eigenvalue weighted by Gasteiger charge is -2.33. The monoisotopic (exact) mass is 391 g/mol. The van der Waals surface area contributed by atoms with Crippen LogP contribution < -0.4 is 5.32 Å². The van der Waals surface area contributed by atoms with Crippen LogP contribution in [0.3, 0.4) is 0 Å². The van der Waals surface area contributed by atoms with E-state index in [-0.39, 0.29) is 5.91 Å². The molecule has 1 fully saturated rings. The summed E-state index contributed by atoms with van der Waals surface area (Å²) in [6.45, 7) is 0.756. The van der Waals surface area contributed by atoms with Gasteiger partial charge in [0.05, 0.1) is 0 Å². The number of amides is 1. The van der Waals surface area contributed by atoms with Crippen LogP contribution in [-0.4, -0.2) is 16.9 Å². The van der Waals surface area contributed by atoms with Crippen molar-refractivity contribution in [1.82, 2.24) is 5.32 Å². The van der Waals surface area contributed by atoms with Crippen molar-refractivity contribution in [3.63, 3.8) is 0 Å². The Labute approximate surface area is 139 Å². The van der Waals surface area contributed by atoms with E-state index in [9.17, 15) is 4.79 Å². The molecule has 3 heteroatoms. The van der Waals surface area contributed by atoms with Gasteiger partial charge in [-0.25, -0.2) is 0 Å². The van der Waals surface area contributed by atoms with Gasteiger partial charge in [-0.15, -0.1) is 0 Å². The number of hydrogen-bond acceptors (Lipinski definition) is 1. The van der Waals surface area contributed by atoms with Crippen molar-refractivity contribution >= 4 is 28.5 Å². The van der Waals surface area contributed by atoms with Crippen molar-refractivity contribution in [2.75, 3.05) is 11.0 Å². The smallest absolute Gasteiger partial charge is 0.235 e. The molecule has 0 bridgehead atoms. The van der Waals surface area contributed by atoms with Crippen LogP contribution in [0.1, 0.15) is 17.5 Å². The second-order valence-corrected chi connectivity index (χ2v) is 6.50. The Hall–Kier alpha value is -1.36. The van der Waals surface area contributed by atoms with Gasteiger partial charge in [0, 0.05) is 6.54 Å². The number of rotatable bonds is 4. The summed E-state index contributed by atoms with van der Waals surface area (Å²) in [5, 5.41) is 3.10. The highest BCUT2D eigenvalue weighted by Gasteiger charge is 2.52. The Morgan fingerprint density at radius 3 is 2.00 bits per heavy atom. The van der Waals surface area contributed by atoms with Crippen molar-refractivity contribution < 1.29 is 4.79 Å². The van der Waals surface area contributed by atoms with Gasteiger partial charge in [-0.3, -0.25) is 4.79 Å². The fourth-order valence-electron chi connectivity index (χ4n) is 3.45. The highest BCUT2D eigenvalue weighted by Crippen LogP contribution is 2.44. The zero-order valence-corrected chi connectivity index (χ0v) is 13.9. The minimum absolute atomic E-state index is 0.134. The van der Waals surface area contributed by atoms with Crippen molar-refractivity contribution in [2.24, 2.45) is 5.92 Å². The van der Waals surface area contributed by atoms with Crippen LogP contribution in [0.5, 0.6) is 0 Å². The Morgan fingerprint density at radius 2 is 1.52 bits per heavy atom. The first-order chi connectivity index (χ1) is 10.3. The molecule has 2 aromatic carbocycles. The molecule has 0 aliphatic carbocycles. The van der Waals surface area contributed by atoms with E-state index in [0.29, 0.717) is 5.92 Å². The van der Waals surface area contributed by atoms with Gasteiger partial charge in [0.1, 0.15) is 5.41 Å². The van der Waals surface area contributed by atoms with Crippen LogP contribution in [0.2, 0.25) is 0 Å². The normalized spacial score (nSPS) is 20.2. The topological polar surface area (TPSA) is 29.1 Å². The molecule has 108 valence electrons. The number of halogens is 1. The molecule has 0 aromatic heterocycles. The number of hydrogen-bond donors (Lipinski definition) is 1. The third-order valence-corrected chi connectivity index (χ3v) is 5.02. The summed E-state index contributed by atoms with van der Waals surface area (Å²) < 4.78 is 1.05. The molecule has 2 aromatic rings. The Balaban J connectivity index is 2.22. The first kappa shape index (κ1) is 14.6. The molecule has 2 nitrogen and oxygen atoms in total. The summed E-state index contributed by atoms with van der Waals surface area (Å²) in [5.41, 5.74) is 1.65. The highest BCUT2D eigenvalue weighted by atomic mass is 127. The van der Waals surface area contributed by atoms with Gasteiger partial charge in [0.2, 0.25) is 5.91 Å². The predicted octanol–water partition coefficient (Wildman–Crippen LogP) is 3.54. The molecule has 21 heavy (non-hydrogen) atoms. The molecular weight excluding hydrogens is 373 g/mol. The van der Waals surface area contributed by atoms with Gasteiger partial charge in [0.15, 0.2) is 0 Å². The third-order valence-electron chi connectivity index (χ3n) is 4.40. The lowest BCUT2D eigenvalue weighted by atomic mass is 9.66. The second kappa shape index (κ2) is 6.18. The Morgan fingerprint density at radius 1 is 1.00 bits per heavy atom. The van der Waals surface area contributed by atoms with Gasteiger partial charge in [-0.1, -0.05) is 83.3 Å². The maximum atomic E-state index is 12.9. The van der Waals surface area contributed by atoms with E-state index >= 15 is 0 Å². The Bertz CT molecular complexity index is 572. The molecule has 3 rings (SSSR count). The van der Waals surface area contributed by atoms with Gasteiger partial charge in [-0.05, 0) is 27.9 Å². The number of alkyl halides is 1. The maximum absolute atomic E-state index is 12.9. The molecule has 1 saturated heterocycles. The molecule has 0 spiro atoms. The average molecular weight is 391 g/mol. The van der Waals surface area contributed by atoms with E-state index in [1.807, 2.05) is 36.4 Å². The molecule has 1 N–H and O–H groups in total. The Kier molecular flexibility index (Phi) is 4.29. The molecule has 0 saturated carbocycles. The molecule has 1 unspecified atom stereocenters. The van der Waals surface area contributed by atoms with Crippen LogP contribution in [0, 0.1) is 5.92 Å². The average Bonchev–Trinajstić information content (AvgIpc) is 2.87. The quantitative estimate of drug-likeness (QED) is 0.627. The number of nitrogens with one attached hydrogen (secondary N) is 1. The van der Waals surface area contributed by atoms with E-state index in [4.69, 9.17) is 0 Å². The van der Waals surface area contributed by atoms with Gasteiger partial charge >= 0.3 is 0 Å². The largest absolute Gasteiger partial charge is 0.355 e. The summed E-state index contributed by atoms with van der Waals surface area (Å²) in [7, 11) is 0. The molecule has 1 aliphatic heterocycles. The van der Waals surface area contributed by atoms with E-state index in [1.165, 1.54) is 0 Å². The number of carbonyl (C=O) groups is 1. The zero-order chi connectivity index (χ0) is 14.7. The minimum atomic E-state index is -0.548. The van der Waals surface area contributed by atoms with Crippen LogP contribution in [0.4, 0.5) is 0 Å². The standard InChI is InChI=1S/C18H18INO/c19-12-11-16-13-20-17(21)18(16,14-7-3-1-4-8-14)15-9-5-2-6-10-15/h1-10,16H,11-13H2,(H,20,21).